The van der Waals surface area contributed by atoms with Crippen LogP contribution in [0.25, 0.3) is 17.1 Å². The minimum atomic E-state index is -0.558. The van der Waals surface area contributed by atoms with E-state index < -0.39 is 5.91 Å². The summed E-state index contributed by atoms with van der Waals surface area (Å²) in [6.07, 6.45) is 1.49. The molecule has 0 saturated carbocycles. The van der Waals surface area contributed by atoms with E-state index >= 15 is 0 Å². The molecule has 3 N–H and O–H groups in total. The molecule has 0 spiro atoms. The van der Waals surface area contributed by atoms with Crippen molar-refractivity contribution in [2.75, 3.05) is 5.73 Å². The number of benzene rings is 2. The molecule has 0 radical (unpaired) electrons. The Morgan fingerprint density at radius 3 is 2.57 bits per heavy atom. The predicted octanol–water partition coefficient (Wildman–Crippen LogP) is 2.63. The maximum atomic E-state index is 12.8. The summed E-state index contributed by atoms with van der Waals surface area (Å²) >= 11 is 5.86. The van der Waals surface area contributed by atoms with Crippen LogP contribution in [0.2, 0.25) is 5.02 Å². The molecule has 11 heteroatoms. The van der Waals surface area contributed by atoms with Gasteiger partial charge in [-0.3, -0.25) is 4.79 Å². The monoisotopic (exact) mass is 422 g/mol. The molecular weight excluding hydrogens is 408 g/mol. The first-order valence-electron chi connectivity index (χ1n) is 8.73. The number of amides is 1. The summed E-state index contributed by atoms with van der Waals surface area (Å²) in [5, 5.41) is 19.9. The Morgan fingerprint density at radius 2 is 1.90 bits per heavy atom. The predicted molar refractivity (Wildman–Crippen MR) is 110 cm³/mol. The van der Waals surface area contributed by atoms with Crippen LogP contribution in [0.5, 0.6) is 0 Å². The average Bonchev–Trinajstić information content (AvgIpc) is 3.36. The van der Waals surface area contributed by atoms with Gasteiger partial charge in [0.2, 0.25) is 11.6 Å². The van der Waals surface area contributed by atoms with Gasteiger partial charge in [-0.1, -0.05) is 58.8 Å². The van der Waals surface area contributed by atoms with Crippen molar-refractivity contribution in [3.63, 3.8) is 0 Å². The normalized spacial score (nSPS) is 11.1. The second kappa shape index (κ2) is 8.13. The number of hydrogen-bond acceptors (Lipinski definition) is 8. The van der Waals surface area contributed by atoms with E-state index in [1.165, 1.54) is 10.9 Å². The Kier molecular flexibility index (Phi) is 5.22. The van der Waals surface area contributed by atoms with Gasteiger partial charge >= 0.3 is 0 Å². The van der Waals surface area contributed by atoms with Gasteiger partial charge in [-0.2, -0.15) is 9.78 Å². The summed E-state index contributed by atoms with van der Waals surface area (Å²) in [4.78, 5) is 12.8. The Balaban J connectivity index is 1.68. The van der Waals surface area contributed by atoms with Crippen molar-refractivity contribution >= 4 is 29.5 Å². The number of hydrogen-bond donors (Lipinski definition) is 2. The fourth-order valence-corrected chi connectivity index (χ4v) is 2.78. The summed E-state index contributed by atoms with van der Waals surface area (Å²) in [6.45, 7) is 1.96. The molecule has 30 heavy (non-hydrogen) atoms. The van der Waals surface area contributed by atoms with Crippen molar-refractivity contribution in [2.24, 2.45) is 5.10 Å². The van der Waals surface area contributed by atoms with E-state index in [-0.39, 0.29) is 17.3 Å². The minimum Gasteiger partial charge on any atom is -0.378 e. The Bertz CT molecular complexity index is 1210. The van der Waals surface area contributed by atoms with Crippen LogP contribution < -0.4 is 11.2 Å². The third-order valence-electron chi connectivity index (χ3n) is 4.16. The number of anilines is 1. The molecule has 10 nitrogen and oxygen atoms in total. The van der Waals surface area contributed by atoms with Crippen LogP contribution in [-0.2, 0) is 0 Å². The topological polar surface area (TPSA) is 137 Å². The first-order chi connectivity index (χ1) is 14.5. The number of aromatic nitrogens is 5. The van der Waals surface area contributed by atoms with Crippen LogP contribution in [0.15, 0.2) is 58.3 Å². The van der Waals surface area contributed by atoms with Crippen molar-refractivity contribution in [1.29, 1.82) is 0 Å². The zero-order valence-corrected chi connectivity index (χ0v) is 16.4. The first kappa shape index (κ1) is 19.3. The second-order valence-corrected chi connectivity index (χ2v) is 6.72. The Hall–Kier alpha value is -4.05. The van der Waals surface area contributed by atoms with E-state index in [1.54, 1.807) is 24.3 Å². The molecule has 2 aromatic carbocycles. The third-order valence-corrected chi connectivity index (χ3v) is 4.41. The number of halogens is 1. The standard InChI is InChI=1S/C19H15ClN8O2/c1-11-2-6-13(7-3-11)16-15(23-27-28(16)18-17(21)25-30-26-18)19(29)24-22-10-12-4-8-14(20)9-5-12/h2-10H,1H3,(H2,21,25)(H,24,29)/b22-10+. The van der Waals surface area contributed by atoms with Gasteiger partial charge in [0.25, 0.3) is 5.91 Å². The lowest BCUT2D eigenvalue weighted by Crippen LogP contribution is -2.19. The van der Waals surface area contributed by atoms with Crippen LogP contribution in [-0.4, -0.2) is 37.4 Å². The van der Waals surface area contributed by atoms with Crippen LogP contribution in [0.1, 0.15) is 21.6 Å². The van der Waals surface area contributed by atoms with E-state index in [9.17, 15) is 4.79 Å². The molecule has 0 atom stereocenters. The van der Waals surface area contributed by atoms with Gasteiger partial charge in [0, 0.05) is 10.6 Å². The summed E-state index contributed by atoms with van der Waals surface area (Å²) in [5.41, 5.74) is 11.2. The maximum absolute atomic E-state index is 12.8. The minimum absolute atomic E-state index is 0.0148. The SMILES string of the molecule is Cc1ccc(-c2c(C(=O)N/N=C/c3ccc(Cl)cc3)nnn2-c2nonc2N)cc1. The fourth-order valence-electron chi connectivity index (χ4n) is 2.66. The van der Waals surface area contributed by atoms with Crippen molar-refractivity contribution in [3.05, 3.63) is 70.4 Å². The number of carbonyl (C=O) groups is 1. The maximum Gasteiger partial charge on any atom is 0.294 e. The summed E-state index contributed by atoms with van der Waals surface area (Å²) < 4.78 is 5.95. The van der Waals surface area contributed by atoms with E-state index in [0.29, 0.717) is 16.3 Å². The molecule has 4 aromatic rings. The number of aryl methyl sites for hydroxylation is 1. The fraction of sp³-hybridized carbons (Fsp3) is 0.0526. The molecule has 0 aliphatic carbocycles. The summed E-state index contributed by atoms with van der Waals surface area (Å²) in [7, 11) is 0. The van der Waals surface area contributed by atoms with Crippen molar-refractivity contribution < 1.29 is 9.42 Å². The number of rotatable bonds is 5. The van der Waals surface area contributed by atoms with Gasteiger partial charge in [-0.05, 0) is 34.9 Å². The van der Waals surface area contributed by atoms with E-state index in [0.717, 1.165) is 11.1 Å². The van der Waals surface area contributed by atoms with E-state index in [4.69, 9.17) is 17.3 Å². The van der Waals surface area contributed by atoms with Gasteiger partial charge < -0.3 is 5.73 Å². The van der Waals surface area contributed by atoms with Crippen molar-refractivity contribution in [3.8, 4) is 17.1 Å². The van der Waals surface area contributed by atoms with E-state index in [1.807, 2.05) is 31.2 Å². The molecule has 0 saturated heterocycles. The molecule has 0 fully saturated rings. The van der Waals surface area contributed by atoms with Crippen LogP contribution in [0, 0.1) is 6.92 Å². The molecule has 0 aliphatic heterocycles. The van der Waals surface area contributed by atoms with Gasteiger partial charge in [0.15, 0.2) is 5.69 Å². The molecule has 1 amide bonds. The lowest BCUT2D eigenvalue weighted by atomic mass is 10.1. The van der Waals surface area contributed by atoms with Gasteiger partial charge in [0.1, 0.15) is 5.69 Å². The van der Waals surface area contributed by atoms with Crippen LogP contribution in [0.4, 0.5) is 5.82 Å². The lowest BCUT2D eigenvalue weighted by molar-refractivity contribution is 0.0950. The van der Waals surface area contributed by atoms with Crippen LogP contribution >= 0.6 is 11.6 Å². The zero-order chi connectivity index (χ0) is 21.1. The second-order valence-electron chi connectivity index (χ2n) is 6.29. The molecule has 2 heterocycles. The molecule has 0 aliphatic rings. The highest BCUT2D eigenvalue weighted by Crippen LogP contribution is 2.26. The highest BCUT2D eigenvalue weighted by molar-refractivity contribution is 6.30. The molecule has 150 valence electrons. The smallest absolute Gasteiger partial charge is 0.294 e. The number of carbonyl (C=O) groups excluding carboxylic acids is 1. The van der Waals surface area contributed by atoms with Crippen molar-refractivity contribution in [2.45, 2.75) is 6.92 Å². The van der Waals surface area contributed by atoms with Gasteiger partial charge in [0.05, 0.1) is 6.21 Å². The molecule has 2 aromatic heterocycles. The highest BCUT2D eigenvalue weighted by Gasteiger charge is 2.25. The lowest BCUT2D eigenvalue weighted by Gasteiger charge is -2.06. The average molecular weight is 423 g/mol. The highest BCUT2D eigenvalue weighted by atomic mass is 35.5. The molecule has 4 rings (SSSR count). The number of nitrogen functional groups attached to an aromatic ring is 1. The largest absolute Gasteiger partial charge is 0.378 e. The summed E-state index contributed by atoms with van der Waals surface area (Å²) in [6, 6.07) is 14.5. The number of nitrogens with two attached hydrogens (primary N) is 1. The molecular formula is C19H15ClN8O2. The zero-order valence-electron chi connectivity index (χ0n) is 15.7. The number of nitrogens with one attached hydrogen (secondary N) is 1. The Labute approximate surface area is 175 Å². The quantitative estimate of drug-likeness (QED) is 0.372. The first-order valence-corrected chi connectivity index (χ1v) is 9.11. The number of nitrogens with zero attached hydrogens (tertiary/aromatic N) is 6. The molecule has 0 bridgehead atoms. The van der Waals surface area contributed by atoms with Gasteiger partial charge in [-0.15, -0.1) is 5.10 Å². The molecule has 0 unspecified atom stereocenters. The number of hydrazone groups is 1. The van der Waals surface area contributed by atoms with Crippen LogP contribution in [0.3, 0.4) is 0 Å². The van der Waals surface area contributed by atoms with E-state index in [2.05, 4.69) is 35.8 Å². The summed E-state index contributed by atoms with van der Waals surface area (Å²) in [5.74, 6) is -0.417. The Morgan fingerprint density at radius 1 is 1.17 bits per heavy atom. The van der Waals surface area contributed by atoms with Crippen molar-refractivity contribution in [1.82, 2.24) is 30.7 Å². The third kappa shape index (κ3) is 3.89. The van der Waals surface area contributed by atoms with Gasteiger partial charge in [-0.25, -0.2) is 10.1 Å².